The van der Waals surface area contributed by atoms with Gasteiger partial charge in [-0.3, -0.25) is 4.79 Å². The Morgan fingerprint density at radius 3 is 2.59 bits per heavy atom. The van der Waals surface area contributed by atoms with E-state index in [0.717, 1.165) is 0 Å². The summed E-state index contributed by atoms with van der Waals surface area (Å²) in [5, 5.41) is 13.8. The van der Waals surface area contributed by atoms with Crippen LogP contribution in [0.3, 0.4) is 0 Å². The van der Waals surface area contributed by atoms with E-state index in [1.807, 2.05) is 0 Å². The van der Waals surface area contributed by atoms with E-state index in [1.165, 1.54) is 11.9 Å². The number of carboxylic acids is 1. The standard InChI is InChI=1S/C10H17N3O4/c1-6-3-4-13(8(6)9(15)16)10(17)12-5-7(14)11-2/h6,8H,3-5H2,1-2H3,(H,11,14)(H,12,17)(H,15,16). The fourth-order valence-corrected chi connectivity index (χ4v) is 1.90. The number of aliphatic carboxylic acids is 1. The molecule has 7 heteroatoms. The number of carbonyl (C=O) groups excluding carboxylic acids is 2. The van der Waals surface area contributed by atoms with Crippen molar-refractivity contribution in [3.05, 3.63) is 0 Å². The lowest BCUT2D eigenvalue weighted by Crippen LogP contribution is -2.49. The van der Waals surface area contributed by atoms with Gasteiger partial charge in [-0.2, -0.15) is 0 Å². The molecule has 2 atom stereocenters. The SMILES string of the molecule is CNC(=O)CNC(=O)N1CCC(C)C1C(=O)O. The van der Waals surface area contributed by atoms with Crippen molar-refractivity contribution in [3.8, 4) is 0 Å². The molecule has 1 aliphatic heterocycles. The first-order chi connectivity index (χ1) is 7.97. The van der Waals surface area contributed by atoms with E-state index in [4.69, 9.17) is 5.11 Å². The van der Waals surface area contributed by atoms with Crippen LogP contribution in [0.4, 0.5) is 4.79 Å². The van der Waals surface area contributed by atoms with Gasteiger partial charge in [0.1, 0.15) is 6.04 Å². The van der Waals surface area contributed by atoms with E-state index in [0.29, 0.717) is 13.0 Å². The summed E-state index contributed by atoms with van der Waals surface area (Å²) in [5.74, 6) is -1.40. The summed E-state index contributed by atoms with van der Waals surface area (Å²) in [4.78, 5) is 34.9. The molecule has 3 amide bonds. The number of hydrogen-bond acceptors (Lipinski definition) is 3. The molecule has 1 fully saturated rings. The number of nitrogens with one attached hydrogen (secondary N) is 2. The molecule has 1 heterocycles. The molecule has 96 valence electrons. The van der Waals surface area contributed by atoms with Crippen LogP contribution in [-0.4, -0.2) is 54.1 Å². The highest BCUT2D eigenvalue weighted by molar-refractivity contribution is 5.87. The zero-order valence-electron chi connectivity index (χ0n) is 9.90. The number of amides is 3. The molecule has 0 aromatic heterocycles. The molecule has 0 saturated carbocycles. The fraction of sp³-hybridized carbons (Fsp3) is 0.700. The van der Waals surface area contributed by atoms with Crippen molar-refractivity contribution >= 4 is 17.9 Å². The molecule has 0 bridgehead atoms. The maximum atomic E-state index is 11.7. The van der Waals surface area contributed by atoms with E-state index in [1.54, 1.807) is 6.92 Å². The molecule has 2 unspecified atom stereocenters. The van der Waals surface area contributed by atoms with Crippen LogP contribution < -0.4 is 10.6 Å². The van der Waals surface area contributed by atoms with Crippen LogP contribution in [0.5, 0.6) is 0 Å². The summed E-state index contributed by atoms with van der Waals surface area (Å²) >= 11 is 0. The Morgan fingerprint density at radius 2 is 2.06 bits per heavy atom. The molecular formula is C10H17N3O4. The smallest absolute Gasteiger partial charge is 0.326 e. The van der Waals surface area contributed by atoms with E-state index in [-0.39, 0.29) is 18.4 Å². The molecule has 0 spiro atoms. The van der Waals surface area contributed by atoms with Gasteiger partial charge in [0.2, 0.25) is 5.91 Å². The Bertz CT molecular complexity index is 332. The van der Waals surface area contributed by atoms with Crippen LogP contribution >= 0.6 is 0 Å². The molecule has 1 saturated heterocycles. The third-order valence-corrected chi connectivity index (χ3v) is 2.89. The van der Waals surface area contributed by atoms with Crippen LogP contribution in [-0.2, 0) is 9.59 Å². The van der Waals surface area contributed by atoms with Crippen LogP contribution in [0.1, 0.15) is 13.3 Å². The number of carboxylic acid groups (broad SMARTS) is 1. The molecule has 17 heavy (non-hydrogen) atoms. The lowest BCUT2D eigenvalue weighted by Gasteiger charge is -2.23. The van der Waals surface area contributed by atoms with Crippen molar-refractivity contribution in [1.29, 1.82) is 0 Å². The van der Waals surface area contributed by atoms with Crippen molar-refractivity contribution in [2.75, 3.05) is 20.1 Å². The number of rotatable bonds is 3. The van der Waals surface area contributed by atoms with E-state index < -0.39 is 18.0 Å². The highest BCUT2D eigenvalue weighted by Gasteiger charge is 2.39. The lowest BCUT2D eigenvalue weighted by atomic mass is 10.0. The molecule has 3 N–H and O–H groups in total. The third-order valence-electron chi connectivity index (χ3n) is 2.89. The minimum atomic E-state index is -1.01. The number of carbonyl (C=O) groups is 3. The van der Waals surface area contributed by atoms with Crippen molar-refractivity contribution < 1.29 is 19.5 Å². The number of likely N-dealkylation sites (tertiary alicyclic amines) is 1. The molecule has 0 aliphatic carbocycles. The molecule has 7 nitrogen and oxygen atoms in total. The summed E-state index contributed by atoms with van der Waals surface area (Å²) < 4.78 is 0. The lowest BCUT2D eigenvalue weighted by molar-refractivity contribution is -0.142. The minimum Gasteiger partial charge on any atom is -0.480 e. The average Bonchev–Trinajstić information content (AvgIpc) is 2.67. The van der Waals surface area contributed by atoms with Crippen LogP contribution in [0.15, 0.2) is 0 Å². The summed E-state index contributed by atoms with van der Waals surface area (Å²) in [5.41, 5.74) is 0. The zero-order valence-corrected chi connectivity index (χ0v) is 9.90. The normalized spacial score (nSPS) is 23.3. The number of likely N-dealkylation sites (N-methyl/N-ethyl adjacent to an activating group) is 1. The van der Waals surface area contributed by atoms with Gasteiger partial charge in [0.15, 0.2) is 0 Å². The van der Waals surface area contributed by atoms with Gasteiger partial charge in [0.05, 0.1) is 6.54 Å². The molecule has 1 rings (SSSR count). The average molecular weight is 243 g/mol. The number of urea groups is 1. The second kappa shape index (κ2) is 5.51. The largest absolute Gasteiger partial charge is 0.480 e. The third kappa shape index (κ3) is 3.08. The van der Waals surface area contributed by atoms with E-state index in [9.17, 15) is 14.4 Å². The Hall–Kier alpha value is -1.79. The van der Waals surface area contributed by atoms with Gasteiger partial charge in [-0.05, 0) is 12.3 Å². The number of hydrogen-bond donors (Lipinski definition) is 3. The predicted molar refractivity (Wildman–Crippen MR) is 59.4 cm³/mol. The van der Waals surface area contributed by atoms with Crippen molar-refractivity contribution in [3.63, 3.8) is 0 Å². The van der Waals surface area contributed by atoms with Gasteiger partial charge >= 0.3 is 12.0 Å². The van der Waals surface area contributed by atoms with Gasteiger partial charge in [-0.1, -0.05) is 6.92 Å². The van der Waals surface area contributed by atoms with E-state index >= 15 is 0 Å². The first-order valence-corrected chi connectivity index (χ1v) is 5.45. The van der Waals surface area contributed by atoms with Crippen LogP contribution in [0.25, 0.3) is 0 Å². The van der Waals surface area contributed by atoms with Crippen molar-refractivity contribution in [2.45, 2.75) is 19.4 Å². The fourth-order valence-electron chi connectivity index (χ4n) is 1.90. The summed E-state index contributed by atoms with van der Waals surface area (Å²) in [6.45, 7) is 2.05. The molecular weight excluding hydrogens is 226 g/mol. The minimum absolute atomic E-state index is 0.0711. The first-order valence-electron chi connectivity index (χ1n) is 5.45. The second-order valence-electron chi connectivity index (χ2n) is 4.07. The van der Waals surface area contributed by atoms with E-state index in [2.05, 4.69) is 10.6 Å². The Kier molecular flexibility index (Phi) is 4.30. The summed E-state index contributed by atoms with van der Waals surface area (Å²) in [6, 6.07) is -1.31. The molecule has 0 aromatic carbocycles. The summed E-state index contributed by atoms with van der Waals surface area (Å²) in [6.07, 6.45) is 0.657. The van der Waals surface area contributed by atoms with Gasteiger partial charge < -0.3 is 20.6 Å². The van der Waals surface area contributed by atoms with Gasteiger partial charge in [0.25, 0.3) is 0 Å². The monoisotopic (exact) mass is 243 g/mol. The maximum Gasteiger partial charge on any atom is 0.326 e. The molecule has 0 radical (unpaired) electrons. The highest BCUT2D eigenvalue weighted by atomic mass is 16.4. The Morgan fingerprint density at radius 1 is 1.41 bits per heavy atom. The van der Waals surface area contributed by atoms with Gasteiger partial charge in [0, 0.05) is 13.6 Å². The van der Waals surface area contributed by atoms with Gasteiger partial charge in [-0.25, -0.2) is 9.59 Å². The van der Waals surface area contributed by atoms with Crippen molar-refractivity contribution in [1.82, 2.24) is 15.5 Å². The second-order valence-corrected chi connectivity index (χ2v) is 4.07. The number of nitrogens with zero attached hydrogens (tertiary/aromatic N) is 1. The van der Waals surface area contributed by atoms with Crippen molar-refractivity contribution in [2.24, 2.45) is 5.92 Å². The topological polar surface area (TPSA) is 98.7 Å². The quantitative estimate of drug-likeness (QED) is 0.606. The Labute approximate surface area is 99.2 Å². The molecule has 0 aromatic rings. The zero-order chi connectivity index (χ0) is 13.0. The maximum absolute atomic E-state index is 11.7. The summed E-state index contributed by atoms with van der Waals surface area (Å²) in [7, 11) is 1.46. The van der Waals surface area contributed by atoms with Crippen LogP contribution in [0, 0.1) is 5.92 Å². The Balaban J connectivity index is 2.57. The molecule has 1 aliphatic rings. The first kappa shape index (κ1) is 13.3. The predicted octanol–water partition coefficient (Wildman–Crippen LogP) is -0.763. The van der Waals surface area contributed by atoms with Crippen LogP contribution in [0.2, 0.25) is 0 Å². The highest BCUT2D eigenvalue weighted by Crippen LogP contribution is 2.23. The van der Waals surface area contributed by atoms with Gasteiger partial charge in [-0.15, -0.1) is 0 Å².